The summed E-state index contributed by atoms with van der Waals surface area (Å²) in [6, 6.07) is 14.1. The van der Waals surface area contributed by atoms with Gasteiger partial charge in [-0.1, -0.05) is 0 Å². The van der Waals surface area contributed by atoms with Crippen molar-refractivity contribution in [2.45, 2.75) is 0 Å². The van der Waals surface area contributed by atoms with Crippen molar-refractivity contribution < 1.29 is 23.7 Å². The summed E-state index contributed by atoms with van der Waals surface area (Å²) in [6.45, 7) is 1.01. The lowest BCUT2D eigenvalue weighted by molar-refractivity contribution is 0.102. The smallest absolute Gasteiger partial charge is 0.255 e. The van der Waals surface area contributed by atoms with E-state index in [0.29, 0.717) is 53.2 Å². The molecule has 0 aliphatic carbocycles. The standard InChI is InChI=1S/C22H20N2O5/c1-26-18-4-3-9-23-21(18)16-7-5-14(12-19(16)27-2)22(25)24-15-6-8-17-20(13-15)29-11-10-28-17/h3-9,12-13H,10-11H2,1-2H3,(H,24,25). The van der Waals surface area contributed by atoms with Gasteiger partial charge in [-0.15, -0.1) is 0 Å². The van der Waals surface area contributed by atoms with Crippen molar-refractivity contribution in [1.29, 1.82) is 0 Å². The van der Waals surface area contributed by atoms with E-state index in [4.69, 9.17) is 18.9 Å². The van der Waals surface area contributed by atoms with Crippen LogP contribution in [0.25, 0.3) is 11.3 Å². The predicted octanol–water partition coefficient (Wildman–Crippen LogP) is 3.79. The summed E-state index contributed by atoms with van der Waals surface area (Å²) in [7, 11) is 3.14. The zero-order chi connectivity index (χ0) is 20.2. The van der Waals surface area contributed by atoms with Gasteiger partial charge in [0.05, 0.1) is 14.2 Å². The molecule has 0 spiro atoms. The molecule has 0 saturated heterocycles. The summed E-state index contributed by atoms with van der Waals surface area (Å²) in [6.07, 6.45) is 1.68. The van der Waals surface area contributed by atoms with Crippen LogP contribution in [-0.2, 0) is 0 Å². The van der Waals surface area contributed by atoms with Crippen molar-refractivity contribution in [3.8, 4) is 34.3 Å². The van der Waals surface area contributed by atoms with Crippen LogP contribution in [-0.4, -0.2) is 38.3 Å². The van der Waals surface area contributed by atoms with Gasteiger partial charge in [-0.05, 0) is 42.5 Å². The van der Waals surface area contributed by atoms with E-state index in [2.05, 4.69) is 10.3 Å². The lowest BCUT2D eigenvalue weighted by atomic mass is 10.1. The van der Waals surface area contributed by atoms with Crippen LogP contribution in [0, 0.1) is 0 Å². The van der Waals surface area contributed by atoms with E-state index in [9.17, 15) is 4.79 Å². The fourth-order valence-corrected chi connectivity index (χ4v) is 3.11. The number of fused-ring (bicyclic) bond motifs is 1. The van der Waals surface area contributed by atoms with Gasteiger partial charge in [-0.3, -0.25) is 9.78 Å². The van der Waals surface area contributed by atoms with E-state index in [0.717, 1.165) is 5.56 Å². The number of carbonyl (C=O) groups excluding carboxylic acids is 1. The molecular formula is C22H20N2O5. The van der Waals surface area contributed by atoms with Gasteiger partial charge in [0.25, 0.3) is 5.91 Å². The van der Waals surface area contributed by atoms with Gasteiger partial charge in [0.2, 0.25) is 0 Å². The first-order valence-electron chi connectivity index (χ1n) is 9.08. The highest BCUT2D eigenvalue weighted by Gasteiger charge is 2.17. The number of methoxy groups -OCH3 is 2. The number of carbonyl (C=O) groups is 1. The maximum Gasteiger partial charge on any atom is 0.255 e. The van der Waals surface area contributed by atoms with Crippen LogP contribution in [0.1, 0.15) is 10.4 Å². The van der Waals surface area contributed by atoms with Crippen molar-refractivity contribution in [2.75, 3.05) is 32.8 Å². The van der Waals surface area contributed by atoms with Gasteiger partial charge in [-0.2, -0.15) is 0 Å². The quantitative estimate of drug-likeness (QED) is 0.712. The highest BCUT2D eigenvalue weighted by Crippen LogP contribution is 2.36. The maximum atomic E-state index is 12.7. The highest BCUT2D eigenvalue weighted by molar-refractivity contribution is 6.05. The van der Waals surface area contributed by atoms with Crippen molar-refractivity contribution in [3.63, 3.8) is 0 Å². The molecule has 0 fully saturated rings. The average molecular weight is 392 g/mol. The molecule has 29 heavy (non-hydrogen) atoms. The number of benzene rings is 2. The summed E-state index contributed by atoms with van der Waals surface area (Å²) in [5.74, 6) is 2.17. The molecule has 1 N–H and O–H groups in total. The molecule has 3 aromatic rings. The molecule has 0 radical (unpaired) electrons. The van der Waals surface area contributed by atoms with Crippen molar-refractivity contribution in [3.05, 3.63) is 60.3 Å². The first kappa shape index (κ1) is 18.6. The molecule has 0 atom stereocenters. The number of ether oxygens (including phenoxy) is 4. The van der Waals surface area contributed by atoms with Crippen LogP contribution in [0.15, 0.2) is 54.7 Å². The number of hydrogen-bond acceptors (Lipinski definition) is 6. The Bertz CT molecular complexity index is 1050. The molecule has 148 valence electrons. The SMILES string of the molecule is COc1cc(C(=O)Nc2ccc3c(c2)OCCO3)ccc1-c1ncccc1OC. The lowest BCUT2D eigenvalue weighted by Crippen LogP contribution is -2.16. The molecule has 0 bridgehead atoms. The Morgan fingerprint density at radius 3 is 2.55 bits per heavy atom. The highest BCUT2D eigenvalue weighted by atomic mass is 16.6. The fourth-order valence-electron chi connectivity index (χ4n) is 3.11. The van der Waals surface area contributed by atoms with E-state index in [1.54, 1.807) is 62.9 Å². The van der Waals surface area contributed by atoms with Gasteiger partial charge < -0.3 is 24.3 Å². The Kier molecular flexibility index (Phi) is 5.20. The summed E-state index contributed by atoms with van der Waals surface area (Å²) in [5, 5.41) is 2.87. The maximum absolute atomic E-state index is 12.7. The van der Waals surface area contributed by atoms with Gasteiger partial charge >= 0.3 is 0 Å². The summed E-state index contributed by atoms with van der Waals surface area (Å²) in [5.41, 5.74) is 2.45. The third-order valence-electron chi connectivity index (χ3n) is 4.51. The number of hydrogen-bond donors (Lipinski definition) is 1. The topological polar surface area (TPSA) is 78.9 Å². The van der Waals surface area contributed by atoms with Gasteiger partial charge in [0.1, 0.15) is 30.4 Å². The van der Waals surface area contributed by atoms with Crippen LogP contribution >= 0.6 is 0 Å². The summed E-state index contributed by atoms with van der Waals surface area (Å²) in [4.78, 5) is 17.1. The molecule has 1 amide bonds. The normalized spacial score (nSPS) is 12.2. The van der Waals surface area contributed by atoms with Crippen LogP contribution in [0.5, 0.6) is 23.0 Å². The van der Waals surface area contributed by atoms with Crippen LogP contribution < -0.4 is 24.3 Å². The molecule has 2 heterocycles. The first-order chi connectivity index (χ1) is 14.2. The zero-order valence-corrected chi connectivity index (χ0v) is 16.1. The molecule has 1 aliphatic rings. The monoisotopic (exact) mass is 392 g/mol. The Hall–Kier alpha value is -3.74. The third kappa shape index (κ3) is 3.80. The molecule has 1 aromatic heterocycles. The second kappa shape index (κ2) is 8.10. The molecule has 0 saturated carbocycles. The molecule has 4 rings (SSSR count). The van der Waals surface area contributed by atoms with Gasteiger partial charge in [-0.25, -0.2) is 0 Å². The fraction of sp³-hybridized carbons (Fsp3) is 0.182. The number of aromatic nitrogens is 1. The number of anilines is 1. The molecule has 0 unspecified atom stereocenters. The van der Waals surface area contributed by atoms with E-state index in [-0.39, 0.29) is 5.91 Å². The largest absolute Gasteiger partial charge is 0.496 e. The van der Waals surface area contributed by atoms with Crippen LogP contribution in [0.3, 0.4) is 0 Å². The minimum Gasteiger partial charge on any atom is -0.496 e. The molecule has 7 heteroatoms. The molecular weight excluding hydrogens is 372 g/mol. The Morgan fingerprint density at radius 1 is 0.966 bits per heavy atom. The number of rotatable bonds is 5. The number of nitrogens with one attached hydrogen (secondary N) is 1. The minimum atomic E-state index is -0.264. The zero-order valence-electron chi connectivity index (χ0n) is 16.1. The third-order valence-corrected chi connectivity index (χ3v) is 4.51. The van der Waals surface area contributed by atoms with Crippen molar-refractivity contribution >= 4 is 11.6 Å². The number of pyridine rings is 1. The van der Waals surface area contributed by atoms with Crippen LogP contribution in [0.4, 0.5) is 5.69 Å². The van der Waals surface area contributed by atoms with E-state index < -0.39 is 0 Å². The Labute approximate surface area is 168 Å². The summed E-state index contributed by atoms with van der Waals surface area (Å²) >= 11 is 0. The van der Waals surface area contributed by atoms with E-state index in [1.165, 1.54) is 0 Å². The molecule has 2 aromatic carbocycles. The minimum absolute atomic E-state index is 0.264. The van der Waals surface area contributed by atoms with Gasteiger partial charge in [0.15, 0.2) is 11.5 Å². The van der Waals surface area contributed by atoms with Crippen molar-refractivity contribution in [2.24, 2.45) is 0 Å². The average Bonchev–Trinajstić information content (AvgIpc) is 2.78. The second-order valence-corrected chi connectivity index (χ2v) is 6.28. The van der Waals surface area contributed by atoms with Crippen LogP contribution in [0.2, 0.25) is 0 Å². The Morgan fingerprint density at radius 2 is 1.76 bits per heavy atom. The summed E-state index contributed by atoms with van der Waals surface area (Å²) < 4.78 is 21.9. The Balaban J connectivity index is 1.60. The molecule has 1 aliphatic heterocycles. The number of amides is 1. The number of nitrogens with zero attached hydrogens (tertiary/aromatic N) is 1. The molecule has 7 nitrogen and oxygen atoms in total. The second-order valence-electron chi connectivity index (χ2n) is 6.28. The van der Waals surface area contributed by atoms with Gasteiger partial charge in [0, 0.05) is 29.1 Å². The predicted molar refractivity (Wildman–Crippen MR) is 108 cm³/mol. The van der Waals surface area contributed by atoms with E-state index >= 15 is 0 Å². The van der Waals surface area contributed by atoms with E-state index in [1.807, 2.05) is 6.07 Å². The first-order valence-corrected chi connectivity index (χ1v) is 9.08. The lowest BCUT2D eigenvalue weighted by Gasteiger charge is -2.19. The van der Waals surface area contributed by atoms with Crippen molar-refractivity contribution in [1.82, 2.24) is 4.98 Å².